The number of benzene rings is 2. The lowest BCUT2D eigenvalue weighted by molar-refractivity contribution is -0.120. The molecule has 10 heteroatoms. The fraction of sp³-hybridized carbons (Fsp3) is 0.300. The van der Waals surface area contributed by atoms with E-state index >= 15 is 0 Å². The van der Waals surface area contributed by atoms with Crippen LogP contribution in [-0.2, 0) is 14.8 Å². The van der Waals surface area contributed by atoms with Crippen molar-refractivity contribution in [2.45, 2.75) is 36.6 Å². The van der Waals surface area contributed by atoms with Gasteiger partial charge in [0.05, 0.1) is 10.6 Å². The van der Waals surface area contributed by atoms with Crippen molar-refractivity contribution in [2.24, 2.45) is 0 Å². The number of carbonyl (C=O) groups excluding carboxylic acids is 2. The van der Waals surface area contributed by atoms with Crippen LogP contribution in [0, 0.1) is 0 Å². The van der Waals surface area contributed by atoms with Crippen molar-refractivity contribution < 1.29 is 18.0 Å². The molecular formula is C20H23ClN4O4S. The molecule has 0 saturated heterocycles. The van der Waals surface area contributed by atoms with Crippen LogP contribution in [0.15, 0.2) is 53.4 Å². The molecule has 0 aliphatic heterocycles. The predicted octanol–water partition coefficient (Wildman–Crippen LogP) is 2.43. The highest BCUT2D eigenvalue weighted by Gasteiger charge is 2.27. The molecule has 4 N–H and O–H groups in total. The summed E-state index contributed by atoms with van der Waals surface area (Å²) in [4.78, 5) is 24.1. The maximum Gasteiger partial charge on any atom is 0.251 e. The molecular weight excluding hydrogens is 428 g/mol. The second kappa shape index (κ2) is 9.92. The Hall–Kier alpha value is -2.62. The van der Waals surface area contributed by atoms with E-state index in [1.807, 2.05) is 0 Å². The first-order chi connectivity index (χ1) is 14.3. The van der Waals surface area contributed by atoms with Gasteiger partial charge in [-0.05, 0) is 67.8 Å². The molecule has 1 aliphatic rings. The number of carbonyl (C=O) groups is 2. The Morgan fingerprint density at radius 2 is 1.67 bits per heavy atom. The Kier molecular flexibility index (Phi) is 7.30. The number of hydrogen-bond acceptors (Lipinski definition) is 5. The maximum atomic E-state index is 12.1. The lowest BCUT2D eigenvalue weighted by Crippen LogP contribution is -2.31. The van der Waals surface area contributed by atoms with Crippen molar-refractivity contribution in [3.63, 3.8) is 0 Å². The Labute approximate surface area is 180 Å². The third kappa shape index (κ3) is 6.72. The topological polar surface area (TPSA) is 116 Å². The molecule has 0 unspecified atom stereocenters. The van der Waals surface area contributed by atoms with Gasteiger partial charge >= 0.3 is 0 Å². The van der Waals surface area contributed by atoms with Crippen molar-refractivity contribution >= 4 is 39.1 Å². The van der Waals surface area contributed by atoms with Crippen LogP contribution in [-0.4, -0.2) is 32.8 Å². The zero-order valence-electron chi connectivity index (χ0n) is 16.2. The Bertz CT molecular complexity index is 990. The number of hydrazine groups is 1. The van der Waals surface area contributed by atoms with Gasteiger partial charge in [-0.1, -0.05) is 11.6 Å². The SMILES string of the molecule is O=C(CCCNC(=O)c1ccc(Cl)cc1)NNc1ccc(S(=O)(=O)NC2CC2)cc1. The van der Waals surface area contributed by atoms with E-state index in [9.17, 15) is 18.0 Å². The van der Waals surface area contributed by atoms with Crippen molar-refractivity contribution in [3.8, 4) is 0 Å². The van der Waals surface area contributed by atoms with Gasteiger partial charge < -0.3 is 5.32 Å². The Balaban J connectivity index is 1.35. The van der Waals surface area contributed by atoms with Crippen LogP contribution in [0.25, 0.3) is 0 Å². The summed E-state index contributed by atoms with van der Waals surface area (Å²) >= 11 is 5.79. The van der Waals surface area contributed by atoms with Crippen molar-refractivity contribution in [1.82, 2.24) is 15.5 Å². The summed E-state index contributed by atoms with van der Waals surface area (Å²) in [6.07, 6.45) is 2.42. The minimum atomic E-state index is -3.50. The molecule has 1 saturated carbocycles. The minimum Gasteiger partial charge on any atom is -0.352 e. The molecule has 3 rings (SSSR count). The van der Waals surface area contributed by atoms with Gasteiger partial charge in [0.2, 0.25) is 15.9 Å². The molecule has 30 heavy (non-hydrogen) atoms. The second-order valence-electron chi connectivity index (χ2n) is 6.96. The lowest BCUT2D eigenvalue weighted by atomic mass is 10.2. The quantitative estimate of drug-likeness (QED) is 0.327. The summed E-state index contributed by atoms with van der Waals surface area (Å²) < 4.78 is 26.9. The standard InChI is InChI=1S/C20H23ClN4O4S/c21-15-5-3-14(4-6-15)20(27)22-13-1-2-19(26)24-23-16-9-11-18(12-10-16)30(28,29)25-17-7-8-17/h3-6,9-12,17,23,25H,1-2,7-8,13H2,(H,22,27)(H,24,26). The molecule has 0 spiro atoms. The van der Waals surface area contributed by atoms with E-state index < -0.39 is 10.0 Å². The lowest BCUT2D eigenvalue weighted by Gasteiger charge is -2.10. The average Bonchev–Trinajstić information content (AvgIpc) is 3.53. The van der Waals surface area contributed by atoms with Gasteiger partial charge in [0.1, 0.15) is 0 Å². The van der Waals surface area contributed by atoms with Crippen LogP contribution in [0.1, 0.15) is 36.0 Å². The van der Waals surface area contributed by atoms with Crippen LogP contribution in [0.4, 0.5) is 5.69 Å². The van der Waals surface area contributed by atoms with Gasteiger partial charge in [0.15, 0.2) is 0 Å². The number of rotatable bonds is 10. The van der Waals surface area contributed by atoms with Crippen LogP contribution in [0.5, 0.6) is 0 Å². The highest BCUT2D eigenvalue weighted by atomic mass is 35.5. The maximum absolute atomic E-state index is 12.1. The van der Waals surface area contributed by atoms with E-state index in [-0.39, 0.29) is 29.2 Å². The van der Waals surface area contributed by atoms with Crippen LogP contribution in [0.2, 0.25) is 5.02 Å². The first-order valence-electron chi connectivity index (χ1n) is 9.54. The van der Waals surface area contributed by atoms with Crippen LogP contribution < -0.4 is 20.9 Å². The fourth-order valence-electron chi connectivity index (χ4n) is 2.56. The van der Waals surface area contributed by atoms with E-state index in [0.29, 0.717) is 29.2 Å². The number of hydrogen-bond donors (Lipinski definition) is 4. The zero-order valence-corrected chi connectivity index (χ0v) is 17.7. The first kappa shape index (κ1) is 22.1. The molecule has 0 atom stereocenters. The number of halogens is 1. The molecule has 0 aromatic heterocycles. The molecule has 2 aromatic carbocycles. The van der Waals surface area contributed by atoms with E-state index in [1.54, 1.807) is 36.4 Å². The summed E-state index contributed by atoms with van der Waals surface area (Å²) in [5.41, 5.74) is 6.35. The Morgan fingerprint density at radius 3 is 2.30 bits per heavy atom. The summed E-state index contributed by atoms with van der Waals surface area (Å²) in [6.45, 7) is 0.357. The van der Waals surface area contributed by atoms with Crippen LogP contribution in [0.3, 0.4) is 0 Å². The molecule has 0 bridgehead atoms. The molecule has 2 amide bonds. The molecule has 0 heterocycles. The molecule has 1 fully saturated rings. The highest BCUT2D eigenvalue weighted by molar-refractivity contribution is 7.89. The molecule has 160 valence electrons. The summed E-state index contributed by atoms with van der Waals surface area (Å²) in [6, 6.07) is 12.7. The van der Waals surface area contributed by atoms with E-state index in [4.69, 9.17) is 11.6 Å². The second-order valence-corrected chi connectivity index (χ2v) is 9.11. The number of sulfonamides is 1. The van der Waals surface area contributed by atoms with Gasteiger partial charge in [-0.3, -0.25) is 20.4 Å². The molecule has 8 nitrogen and oxygen atoms in total. The van der Waals surface area contributed by atoms with Gasteiger partial charge in [0, 0.05) is 29.6 Å². The molecule has 1 aliphatic carbocycles. The summed E-state index contributed by atoms with van der Waals surface area (Å²) in [7, 11) is -3.50. The third-order valence-electron chi connectivity index (χ3n) is 4.38. The summed E-state index contributed by atoms with van der Waals surface area (Å²) in [5, 5.41) is 3.30. The van der Waals surface area contributed by atoms with Crippen molar-refractivity contribution in [2.75, 3.05) is 12.0 Å². The fourth-order valence-corrected chi connectivity index (χ4v) is 4.00. The monoisotopic (exact) mass is 450 g/mol. The predicted molar refractivity (Wildman–Crippen MR) is 115 cm³/mol. The smallest absolute Gasteiger partial charge is 0.251 e. The minimum absolute atomic E-state index is 0.0445. The number of anilines is 1. The largest absolute Gasteiger partial charge is 0.352 e. The number of amides is 2. The van der Waals surface area contributed by atoms with Gasteiger partial charge in [-0.25, -0.2) is 13.1 Å². The van der Waals surface area contributed by atoms with E-state index in [0.717, 1.165) is 12.8 Å². The average molecular weight is 451 g/mol. The van der Waals surface area contributed by atoms with Gasteiger partial charge in [-0.2, -0.15) is 0 Å². The first-order valence-corrected chi connectivity index (χ1v) is 11.4. The zero-order chi connectivity index (χ0) is 21.6. The highest BCUT2D eigenvalue weighted by Crippen LogP contribution is 2.22. The van der Waals surface area contributed by atoms with E-state index in [1.165, 1.54) is 12.1 Å². The van der Waals surface area contributed by atoms with Gasteiger partial charge in [-0.15, -0.1) is 0 Å². The van der Waals surface area contributed by atoms with E-state index in [2.05, 4.69) is 20.9 Å². The number of nitrogens with one attached hydrogen (secondary N) is 4. The molecule has 2 aromatic rings. The van der Waals surface area contributed by atoms with Gasteiger partial charge in [0.25, 0.3) is 5.91 Å². The van der Waals surface area contributed by atoms with Crippen LogP contribution >= 0.6 is 11.6 Å². The Morgan fingerprint density at radius 1 is 1.00 bits per heavy atom. The molecule has 0 radical (unpaired) electrons. The summed E-state index contributed by atoms with van der Waals surface area (Å²) in [5.74, 6) is -0.473. The van der Waals surface area contributed by atoms with Crippen molar-refractivity contribution in [3.05, 3.63) is 59.1 Å². The normalized spacial score (nSPS) is 13.5. The third-order valence-corrected chi connectivity index (χ3v) is 6.17. The van der Waals surface area contributed by atoms with Crippen molar-refractivity contribution in [1.29, 1.82) is 0 Å².